The monoisotopic (exact) mass is 307 g/mol. The fourth-order valence-electron chi connectivity index (χ4n) is 3.27. The van der Waals surface area contributed by atoms with E-state index in [9.17, 15) is 5.11 Å². The van der Waals surface area contributed by atoms with Gasteiger partial charge in [0.25, 0.3) is 0 Å². The van der Waals surface area contributed by atoms with Gasteiger partial charge in [-0.2, -0.15) is 0 Å². The summed E-state index contributed by atoms with van der Waals surface area (Å²) in [6.07, 6.45) is 1.63. The van der Waals surface area contributed by atoms with E-state index < -0.39 is 0 Å². The highest BCUT2D eigenvalue weighted by Crippen LogP contribution is 2.25. The molecule has 0 unspecified atom stereocenters. The Morgan fingerprint density at radius 2 is 2.14 bits per heavy atom. The first-order valence-corrected chi connectivity index (χ1v) is 8.06. The lowest BCUT2D eigenvalue weighted by Gasteiger charge is -2.40. The van der Waals surface area contributed by atoms with Gasteiger partial charge in [-0.25, -0.2) is 0 Å². The van der Waals surface area contributed by atoms with Gasteiger partial charge in [0, 0.05) is 56.1 Å². The van der Waals surface area contributed by atoms with Crippen LogP contribution in [0.3, 0.4) is 0 Å². The molecule has 0 radical (unpaired) electrons. The number of aryl methyl sites for hydroxylation is 1. The fourth-order valence-corrected chi connectivity index (χ4v) is 3.27. The molecule has 1 aromatic rings. The first-order chi connectivity index (χ1) is 10.4. The number of pyridine rings is 1. The Morgan fingerprint density at radius 1 is 1.41 bits per heavy atom. The van der Waals surface area contributed by atoms with E-state index in [1.165, 1.54) is 0 Å². The maximum Gasteiger partial charge on any atom is 0.128 e. The Kier molecular flexibility index (Phi) is 5.78. The van der Waals surface area contributed by atoms with E-state index in [-0.39, 0.29) is 6.10 Å². The lowest BCUT2D eigenvalue weighted by Crippen LogP contribution is -2.53. The van der Waals surface area contributed by atoms with Gasteiger partial charge >= 0.3 is 0 Å². The molecule has 1 aromatic heterocycles. The number of methoxy groups -OCH3 is 1. The molecule has 2 rings (SSSR count). The quantitative estimate of drug-likeness (QED) is 0.895. The number of rotatable bonds is 5. The second-order valence-corrected chi connectivity index (χ2v) is 6.47. The minimum Gasteiger partial charge on any atom is -0.496 e. The Labute approximate surface area is 133 Å². The Hall–Kier alpha value is -1.17. The number of hydrogen-bond acceptors (Lipinski definition) is 5. The van der Waals surface area contributed by atoms with Crippen LogP contribution in [0.5, 0.6) is 5.75 Å². The summed E-state index contributed by atoms with van der Waals surface area (Å²) in [5, 5.41) is 9.56. The molecule has 1 saturated heterocycles. The molecule has 1 fully saturated rings. The third-order valence-electron chi connectivity index (χ3n) is 4.47. The molecular weight excluding hydrogens is 278 g/mol. The number of aromatic nitrogens is 1. The minimum atomic E-state index is -0.265. The molecule has 0 spiro atoms. The number of β-amino-alcohol motifs (C(OH)–C–C–N with tert-alkyl or cyclic N) is 1. The molecule has 0 aliphatic carbocycles. The van der Waals surface area contributed by atoms with E-state index in [2.05, 4.69) is 28.6 Å². The van der Waals surface area contributed by atoms with Gasteiger partial charge in [-0.15, -0.1) is 0 Å². The smallest absolute Gasteiger partial charge is 0.128 e. The topological polar surface area (TPSA) is 48.8 Å². The van der Waals surface area contributed by atoms with Crippen LogP contribution in [0.25, 0.3) is 0 Å². The standard InChI is InChI=1S/C17H29N3O2/c1-12-8-18-16(15(4)17(12)22-5)11-19-6-7-20(10-14(3)21)13(2)9-19/h8,13-14,21H,6-7,9-11H2,1-5H3/t13-,14+/m0/s1. The number of aliphatic hydroxyl groups is 1. The van der Waals surface area contributed by atoms with Gasteiger partial charge in [-0.3, -0.25) is 14.8 Å². The van der Waals surface area contributed by atoms with Crippen molar-refractivity contribution in [3.05, 3.63) is 23.0 Å². The van der Waals surface area contributed by atoms with Gasteiger partial charge in [0.1, 0.15) is 5.75 Å². The van der Waals surface area contributed by atoms with Crippen molar-refractivity contribution in [2.45, 2.75) is 46.4 Å². The number of aliphatic hydroxyl groups excluding tert-OH is 1. The summed E-state index contributed by atoms with van der Waals surface area (Å²) in [5.74, 6) is 0.950. The zero-order chi connectivity index (χ0) is 16.3. The molecule has 124 valence electrons. The van der Waals surface area contributed by atoms with Crippen molar-refractivity contribution < 1.29 is 9.84 Å². The fraction of sp³-hybridized carbons (Fsp3) is 0.706. The average Bonchev–Trinajstić information content (AvgIpc) is 2.45. The summed E-state index contributed by atoms with van der Waals surface area (Å²) in [4.78, 5) is 9.39. The van der Waals surface area contributed by atoms with E-state index in [0.717, 1.165) is 55.3 Å². The first-order valence-electron chi connectivity index (χ1n) is 8.06. The van der Waals surface area contributed by atoms with Gasteiger partial charge in [0.05, 0.1) is 18.9 Å². The molecule has 1 aliphatic heterocycles. The normalized spacial score (nSPS) is 21.8. The van der Waals surface area contributed by atoms with Gasteiger partial charge < -0.3 is 9.84 Å². The summed E-state index contributed by atoms with van der Waals surface area (Å²) in [7, 11) is 1.72. The zero-order valence-corrected chi connectivity index (χ0v) is 14.5. The van der Waals surface area contributed by atoms with E-state index in [1.54, 1.807) is 7.11 Å². The lowest BCUT2D eigenvalue weighted by molar-refractivity contribution is 0.0417. The van der Waals surface area contributed by atoms with Crippen LogP contribution in [0.4, 0.5) is 0 Å². The molecule has 0 amide bonds. The Balaban J connectivity index is 2.01. The van der Waals surface area contributed by atoms with Crippen LogP contribution in [0.2, 0.25) is 0 Å². The SMILES string of the molecule is COc1c(C)cnc(CN2CCN(C[C@@H](C)O)[C@@H](C)C2)c1C. The number of hydrogen-bond donors (Lipinski definition) is 1. The third kappa shape index (κ3) is 3.97. The summed E-state index contributed by atoms with van der Waals surface area (Å²) >= 11 is 0. The van der Waals surface area contributed by atoms with E-state index >= 15 is 0 Å². The summed E-state index contributed by atoms with van der Waals surface area (Å²) < 4.78 is 5.49. The summed E-state index contributed by atoms with van der Waals surface area (Å²) in [6.45, 7) is 12.8. The average molecular weight is 307 g/mol. The summed E-state index contributed by atoms with van der Waals surface area (Å²) in [5.41, 5.74) is 3.32. The van der Waals surface area contributed by atoms with Crippen molar-refractivity contribution >= 4 is 0 Å². The van der Waals surface area contributed by atoms with Gasteiger partial charge in [-0.1, -0.05) is 0 Å². The highest BCUT2D eigenvalue weighted by Gasteiger charge is 2.25. The Morgan fingerprint density at radius 3 is 2.73 bits per heavy atom. The summed E-state index contributed by atoms with van der Waals surface area (Å²) in [6, 6.07) is 0.455. The number of piperazine rings is 1. The number of ether oxygens (including phenoxy) is 1. The second kappa shape index (κ2) is 7.40. The first kappa shape index (κ1) is 17.2. The van der Waals surface area contributed by atoms with Crippen LogP contribution in [0, 0.1) is 13.8 Å². The van der Waals surface area contributed by atoms with Crippen LogP contribution < -0.4 is 4.74 Å². The van der Waals surface area contributed by atoms with E-state index in [0.29, 0.717) is 6.04 Å². The highest BCUT2D eigenvalue weighted by atomic mass is 16.5. The van der Waals surface area contributed by atoms with Crippen LogP contribution in [0.15, 0.2) is 6.20 Å². The van der Waals surface area contributed by atoms with Crippen molar-refractivity contribution in [2.24, 2.45) is 0 Å². The minimum absolute atomic E-state index is 0.265. The largest absolute Gasteiger partial charge is 0.496 e. The molecule has 0 bridgehead atoms. The van der Waals surface area contributed by atoms with Crippen LogP contribution in [0.1, 0.15) is 30.7 Å². The maximum atomic E-state index is 9.56. The Bertz CT molecular complexity index is 505. The number of nitrogens with zero attached hydrogens (tertiary/aromatic N) is 3. The van der Waals surface area contributed by atoms with E-state index in [4.69, 9.17) is 4.74 Å². The van der Waals surface area contributed by atoms with Crippen molar-refractivity contribution in [1.29, 1.82) is 0 Å². The molecule has 1 aliphatic rings. The van der Waals surface area contributed by atoms with Crippen molar-refractivity contribution in [3.63, 3.8) is 0 Å². The van der Waals surface area contributed by atoms with Crippen molar-refractivity contribution in [2.75, 3.05) is 33.3 Å². The molecule has 5 heteroatoms. The molecule has 2 heterocycles. The molecule has 5 nitrogen and oxygen atoms in total. The van der Waals surface area contributed by atoms with Crippen LogP contribution in [-0.2, 0) is 6.54 Å². The maximum absolute atomic E-state index is 9.56. The lowest BCUT2D eigenvalue weighted by atomic mass is 10.1. The highest BCUT2D eigenvalue weighted by molar-refractivity contribution is 5.41. The molecular formula is C17H29N3O2. The van der Waals surface area contributed by atoms with E-state index in [1.807, 2.05) is 20.0 Å². The van der Waals surface area contributed by atoms with Crippen molar-refractivity contribution in [1.82, 2.24) is 14.8 Å². The van der Waals surface area contributed by atoms with Crippen molar-refractivity contribution in [3.8, 4) is 5.75 Å². The van der Waals surface area contributed by atoms with Crippen LogP contribution >= 0.6 is 0 Å². The third-order valence-corrected chi connectivity index (χ3v) is 4.47. The van der Waals surface area contributed by atoms with Gasteiger partial charge in [-0.05, 0) is 27.7 Å². The molecule has 22 heavy (non-hydrogen) atoms. The second-order valence-electron chi connectivity index (χ2n) is 6.47. The predicted octanol–water partition coefficient (Wildman–Crippen LogP) is 1.59. The molecule has 0 saturated carbocycles. The molecule has 0 aromatic carbocycles. The molecule has 1 N–H and O–H groups in total. The van der Waals surface area contributed by atoms with Gasteiger partial charge in [0.2, 0.25) is 0 Å². The zero-order valence-electron chi connectivity index (χ0n) is 14.5. The van der Waals surface area contributed by atoms with Crippen LogP contribution in [-0.4, -0.2) is 65.3 Å². The van der Waals surface area contributed by atoms with Gasteiger partial charge in [0.15, 0.2) is 0 Å². The predicted molar refractivity (Wildman–Crippen MR) is 88.3 cm³/mol. The molecule has 2 atom stereocenters.